The molecule has 1 fully saturated rings. The van der Waals surface area contributed by atoms with Crippen LogP contribution in [0.15, 0.2) is 24.3 Å². The van der Waals surface area contributed by atoms with Crippen LogP contribution in [0, 0.1) is 0 Å². The molecule has 8 heteroatoms. The summed E-state index contributed by atoms with van der Waals surface area (Å²) in [5.41, 5.74) is 1.09. The summed E-state index contributed by atoms with van der Waals surface area (Å²) in [4.78, 5) is 26.9. The van der Waals surface area contributed by atoms with Crippen LogP contribution in [-0.2, 0) is 6.42 Å². The van der Waals surface area contributed by atoms with Crippen molar-refractivity contribution in [1.82, 2.24) is 20.4 Å². The van der Waals surface area contributed by atoms with E-state index in [1.54, 1.807) is 24.3 Å². The van der Waals surface area contributed by atoms with E-state index < -0.39 is 0 Å². The zero-order valence-corrected chi connectivity index (χ0v) is 15.6. The van der Waals surface area contributed by atoms with Gasteiger partial charge in [-0.1, -0.05) is 24.3 Å². The molecule has 1 aliphatic heterocycles. The van der Waals surface area contributed by atoms with Crippen LogP contribution < -0.4 is 10.6 Å². The van der Waals surface area contributed by atoms with Crippen molar-refractivity contribution in [2.75, 3.05) is 31.5 Å². The fourth-order valence-corrected chi connectivity index (χ4v) is 3.52. The van der Waals surface area contributed by atoms with Gasteiger partial charge in [0.1, 0.15) is 5.01 Å². The van der Waals surface area contributed by atoms with E-state index in [9.17, 15) is 9.59 Å². The van der Waals surface area contributed by atoms with E-state index in [2.05, 4.69) is 25.7 Å². The number of nitrogens with zero attached hydrogens (tertiary/aromatic N) is 3. The average Bonchev–Trinajstić information content (AvgIpc) is 3.33. The van der Waals surface area contributed by atoms with Crippen LogP contribution in [0.3, 0.4) is 0 Å². The first-order chi connectivity index (χ1) is 12.7. The number of nitrogens with one attached hydrogen (secondary N) is 2. The first-order valence-electron chi connectivity index (χ1n) is 8.90. The summed E-state index contributed by atoms with van der Waals surface area (Å²) in [6.07, 6.45) is 3.23. The zero-order chi connectivity index (χ0) is 18.4. The summed E-state index contributed by atoms with van der Waals surface area (Å²) < 4.78 is 0. The molecular formula is C18H23N5O2S. The summed E-state index contributed by atoms with van der Waals surface area (Å²) >= 11 is 1.28. The normalized spacial score (nSPS) is 14.3. The summed E-state index contributed by atoms with van der Waals surface area (Å²) in [6.45, 7) is 5.69. The molecule has 2 aromatic rings. The topological polar surface area (TPSA) is 87.2 Å². The summed E-state index contributed by atoms with van der Waals surface area (Å²) in [5.74, 6) is -0.446. The van der Waals surface area contributed by atoms with E-state index in [0.29, 0.717) is 22.8 Å². The van der Waals surface area contributed by atoms with Gasteiger partial charge in [-0.15, -0.1) is 10.2 Å². The Hall–Kier alpha value is -2.32. The molecule has 2 heterocycles. The second-order valence-corrected chi connectivity index (χ2v) is 7.26. The third-order valence-electron chi connectivity index (χ3n) is 4.26. The molecule has 2 amide bonds. The van der Waals surface area contributed by atoms with Gasteiger partial charge in [0.05, 0.1) is 0 Å². The number of hydrogen-bond donors (Lipinski definition) is 2. The predicted molar refractivity (Wildman–Crippen MR) is 102 cm³/mol. The Kier molecular flexibility index (Phi) is 6.30. The monoisotopic (exact) mass is 373 g/mol. The molecule has 1 aliphatic rings. The molecule has 138 valence electrons. The number of aromatic nitrogens is 2. The van der Waals surface area contributed by atoms with E-state index in [1.807, 2.05) is 6.92 Å². The van der Waals surface area contributed by atoms with Gasteiger partial charge >= 0.3 is 0 Å². The molecule has 2 N–H and O–H groups in total. The molecule has 0 saturated carbocycles. The van der Waals surface area contributed by atoms with E-state index in [1.165, 1.54) is 24.2 Å². The standard InChI is InChI=1S/C18H23N5O2S/c1-2-15-21-22-18(26-15)17(25)20-14-7-5-6-13(12-14)16(24)19-8-11-23-9-3-4-10-23/h5-7,12H,2-4,8-11H2,1H3,(H,19,24)(H,20,25). The lowest BCUT2D eigenvalue weighted by molar-refractivity contribution is 0.0948. The van der Waals surface area contributed by atoms with Crippen molar-refractivity contribution in [1.29, 1.82) is 0 Å². The smallest absolute Gasteiger partial charge is 0.286 e. The number of hydrogen-bond acceptors (Lipinski definition) is 6. The lowest BCUT2D eigenvalue weighted by atomic mass is 10.2. The van der Waals surface area contributed by atoms with Gasteiger partial charge in [0, 0.05) is 24.3 Å². The Morgan fingerprint density at radius 2 is 2.00 bits per heavy atom. The summed E-state index contributed by atoms with van der Waals surface area (Å²) in [7, 11) is 0. The van der Waals surface area contributed by atoms with Gasteiger partial charge < -0.3 is 15.5 Å². The lowest BCUT2D eigenvalue weighted by Crippen LogP contribution is -2.33. The number of amides is 2. The highest BCUT2D eigenvalue weighted by molar-refractivity contribution is 7.13. The van der Waals surface area contributed by atoms with Gasteiger partial charge in [0.25, 0.3) is 11.8 Å². The Morgan fingerprint density at radius 3 is 2.73 bits per heavy atom. The van der Waals surface area contributed by atoms with Gasteiger partial charge in [-0.05, 0) is 50.6 Å². The number of benzene rings is 1. The van der Waals surface area contributed by atoms with Crippen molar-refractivity contribution in [3.05, 3.63) is 39.8 Å². The maximum Gasteiger partial charge on any atom is 0.286 e. The van der Waals surface area contributed by atoms with Crippen molar-refractivity contribution in [3.63, 3.8) is 0 Å². The van der Waals surface area contributed by atoms with Gasteiger partial charge in [-0.2, -0.15) is 0 Å². The van der Waals surface area contributed by atoms with Crippen LogP contribution in [0.1, 0.15) is 44.9 Å². The lowest BCUT2D eigenvalue weighted by Gasteiger charge is -2.14. The van der Waals surface area contributed by atoms with Gasteiger partial charge in [-0.25, -0.2) is 0 Å². The molecule has 0 bridgehead atoms. The third-order valence-corrected chi connectivity index (χ3v) is 5.32. The van der Waals surface area contributed by atoms with Crippen molar-refractivity contribution in [3.8, 4) is 0 Å². The van der Waals surface area contributed by atoms with Crippen LogP contribution in [-0.4, -0.2) is 53.1 Å². The number of carbonyl (C=O) groups excluding carboxylic acids is 2. The predicted octanol–water partition coefficient (Wildman–Crippen LogP) is 2.18. The van der Waals surface area contributed by atoms with E-state index in [4.69, 9.17) is 0 Å². The van der Waals surface area contributed by atoms with Crippen LogP contribution in [0.5, 0.6) is 0 Å². The average molecular weight is 373 g/mol. The number of likely N-dealkylation sites (tertiary alicyclic amines) is 1. The first kappa shape index (κ1) is 18.5. The fourth-order valence-electron chi connectivity index (χ4n) is 2.85. The maximum atomic E-state index is 12.3. The van der Waals surface area contributed by atoms with Crippen LogP contribution in [0.2, 0.25) is 0 Å². The second kappa shape index (κ2) is 8.86. The fraction of sp³-hybridized carbons (Fsp3) is 0.444. The molecule has 0 radical (unpaired) electrons. The Labute approximate surface area is 156 Å². The minimum Gasteiger partial charge on any atom is -0.351 e. The number of carbonyl (C=O) groups is 2. The number of anilines is 1. The number of aryl methyl sites for hydroxylation is 1. The van der Waals surface area contributed by atoms with E-state index >= 15 is 0 Å². The molecular weight excluding hydrogens is 350 g/mol. The summed E-state index contributed by atoms with van der Waals surface area (Å²) in [6, 6.07) is 6.91. The van der Waals surface area contributed by atoms with Crippen molar-refractivity contribution in [2.24, 2.45) is 0 Å². The van der Waals surface area contributed by atoms with Crippen LogP contribution in [0.25, 0.3) is 0 Å². The van der Waals surface area contributed by atoms with Crippen LogP contribution >= 0.6 is 11.3 Å². The van der Waals surface area contributed by atoms with Crippen molar-refractivity contribution >= 4 is 28.8 Å². The van der Waals surface area contributed by atoms with Crippen molar-refractivity contribution in [2.45, 2.75) is 26.2 Å². The Balaban J connectivity index is 1.54. The number of rotatable bonds is 7. The van der Waals surface area contributed by atoms with E-state index in [-0.39, 0.29) is 11.8 Å². The molecule has 1 aromatic carbocycles. The minimum absolute atomic E-state index is 0.135. The SMILES string of the molecule is CCc1nnc(C(=O)Nc2cccc(C(=O)NCCN3CCCC3)c2)s1. The molecule has 1 saturated heterocycles. The highest BCUT2D eigenvalue weighted by Gasteiger charge is 2.14. The molecule has 3 rings (SSSR count). The minimum atomic E-state index is -0.311. The third kappa shape index (κ3) is 4.86. The second-order valence-electron chi connectivity index (χ2n) is 6.19. The highest BCUT2D eigenvalue weighted by Crippen LogP contribution is 2.15. The van der Waals surface area contributed by atoms with Crippen LogP contribution in [0.4, 0.5) is 5.69 Å². The van der Waals surface area contributed by atoms with Gasteiger partial charge in [-0.3, -0.25) is 9.59 Å². The Morgan fingerprint density at radius 1 is 1.19 bits per heavy atom. The molecule has 0 spiro atoms. The van der Waals surface area contributed by atoms with E-state index in [0.717, 1.165) is 31.1 Å². The van der Waals surface area contributed by atoms with Gasteiger partial charge in [0.15, 0.2) is 0 Å². The summed E-state index contributed by atoms with van der Waals surface area (Å²) in [5, 5.41) is 14.7. The molecule has 0 unspecified atom stereocenters. The molecule has 7 nitrogen and oxygen atoms in total. The highest BCUT2D eigenvalue weighted by atomic mass is 32.1. The maximum absolute atomic E-state index is 12.3. The molecule has 0 aliphatic carbocycles. The first-order valence-corrected chi connectivity index (χ1v) is 9.71. The molecule has 0 atom stereocenters. The van der Waals surface area contributed by atoms with Crippen molar-refractivity contribution < 1.29 is 9.59 Å². The zero-order valence-electron chi connectivity index (χ0n) is 14.8. The largest absolute Gasteiger partial charge is 0.351 e. The molecule has 1 aromatic heterocycles. The molecule has 26 heavy (non-hydrogen) atoms. The quantitative estimate of drug-likeness (QED) is 0.777. The Bertz CT molecular complexity index is 770. The van der Waals surface area contributed by atoms with Gasteiger partial charge in [0.2, 0.25) is 5.01 Å².